The Hall–Kier alpha value is -4.53. The van der Waals surface area contributed by atoms with Gasteiger partial charge in [-0.05, 0) is 64.4 Å². The zero-order valence-corrected chi connectivity index (χ0v) is 29.7. The molecule has 260 valence electrons. The Morgan fingerprint density at radius 3 is 2.41 bits per heavy atom. The van der Waals surface area contributed by atoms with Crippen molar-refractivity contribution in [2.24, 2.45) is 0 Å². The predicted molar refractivity (Wildman–Crippen MR) is 198 cm³/mol. The highest BCUT2D eigenvalue weighted by Crippen LogP contribution is 2.37. The van der Waals surface area contributed by atoms with E-state index in [4.69, 9.17) is 9.72 Å². The van der Waals surface area contributed by atoms with Crippen LogP contribution in [0.4, 0.5) is 34.5 Å². The highest BCUT2D eigenvalue weighted by Gasteiger charge is 2.28. The van der Waals surface area contributed by atoms with E-state index in [1.54, 1.807) is 51.6 Å². The molecule has 2 aliphatic heterocycles. The first kappa shape index (κ1) is 34.3. The Labute approximate surface area is 288 Å². The Balaban J connectivity index is 1.24. The second kappa shape index (κ2) is 14.5. The summed E-state index contributed by atoms with van der Waals surface area (Å²) in [6.07, 6.45) is 8.68. The third-order valence-electron chi connectivity index (χ3n) is 9.42. The minimum Gasteiger partial charge on any atom is -0.494 e. The molecule has 4 heterocycles. The van der Waals surface area contributed by atoms with Crippen LogP contribution in [-0.4, -0.2) is 103 Å². The first-order chi connectivity index (χ1) is 23.6. The third-order valence-corrected chi connectivity index (χ3v) is 11.1. The van der Waals surface area contributed by atoms with Gasteiger partial charge in [0, 0.05) is 81.2 Å². The van der Waals surface area contributed by atoms with Gasteiger partial charge in [-0.3, -0.25) is 19.6 Å². The molecule has 0 saturated carbocycles. The summed E-state index contributed by atoms with van der Waals surface area (Å²) in [5.74, 6) is 1.44. The molecule has 2 fully saturated rings. The van der Waals surface area contributed by atoms with Gasteiger partial charge in [0.2, 0.25) is 16.0 Å². The molecule has 0 aliphatic carbocycles. The van der Waals surface area contributed by atoms with Gasteiger partial charge in [-0.1, -0.05) is 12.7 Å². The van der Waals surface area contributed by atoms with Crippen LogP contribution in [0, 0.1) is 6.92 Å². The summed E-state index contributed by atoms with van der Waals surface area (Å²) in [6, 6.07) is 8.32. The van der Waals surface area contributed by atoms with Crippen LogP contribution in [0.2, 0.25) is 0 Å². The molecule has 0 amide bonds. The minimum absolute atomic E-state index is 0.280. The number of nitrogens with one attached hydrogen (secondary N) is 3. The summed E-state index contributed by atoms with van der Waals surface area (Å²) >= 11 is 0. The van der Waals surface area contributed by atoms with Crippen LogP contribution in [0.15, 0.2) is 49.4 Å². The first-order valence-electron chi connectivity index (χ1n) is 16.7. The zero-order chi connectivity index (χ0) is 34.7. The quantitative estimate of drug-likeness (QED) is 0.190. The molecule has 0 spiro atoms. The van der Waals surface area contributed by atoms with Crippen molar-refractivity contribution in [3.05, 3.63) is 60.6 Å². The summed E-state index contributed by atoms with van der Waals surface area (Å²) < 4.78 is 34.5. The number of benzene rings is 2. The summed E-state index contributed by atoms with van der Waals surface area (Å²) in [6.45, 7) is 15.9. The number of hydrogen-bond donors (Lipinski definition) is 3. The van der Waals surface area contributed by atoms with Crippen molar-refractivity contribution in [2.45, 2.75) is 44.9 Å². The Morgan fingerprint density at radius 2 is 1.71 bits per heavy atom. The van der Waals surface area contributed by atoms with Crippen molar-refractivity contribution >= 4 is 61.6 Å². The number of ether oxygens (including phenoxy) is 1. The molecule has 4 aromatic rings. The monoisotopic (exact) mass is 686 g/mol. The largest absolute Gasteiger partial charge is 0.494 e. The number of methoxy groups -OCH3 is 1. The molecule has 14 heteroatoms. The highest BCUT2D eigenvalue weighted by atomic mass is 32.2. The maximum absolute atomic E-state index is 13.0. The number of aromatic nitrogens is 4. The van der Waals surface area contributed by atoms with Crippen molar-refractivity contribution in [3.8, 4) is 5.75 Å². The van der Waals surface area contributed by atoms with Crippen LogP contribution in [0.5, 0.6) is 5.75 Å². The fourth-order valence-electron chi connectivity index (χ4n) is 6.40. The van der Waals surface area contributed by atoms with E-state index in [2.05, 4.69) is 77.7 Å². The van der Waals surface area contributed by atoms with Gasteiger partial charge in [-0.15, -0.1) is 0 Å². The van der Waals surface area contributed by atoms with Gasteiger partial charge in [-0.2, -0.15) is 4.98 Å². The molecule has 49 heavy (non-hydrogen) atoms. The molecule has 2 saturated heterocycles. The Kier molecular flexibility index (Phi) is 10.2. The maximum atomic E-state index is 13.0. The molecule has 2 aliphatic rings. The number of likely N-dealkylation sites (N-methyl/N-ethyl adjacent to an activating group) is 1. The molecule has 0 atom stereocenters. The fraction of sp³-hybridized carbons (Fsp3) is 0.429. The lowest BCUT2D eigenvalue weighted by molar-refractivity contribution is 0.0982. The second-order valence-corrected chi connectivity index (χ2v) is 15.2. The fourth-order valence-corrected chi connectivity index (χ4v) is 7.12. The molecule has 0 unspecified atom stereocenters. The van der Waals surface area contributed by atoms with E-state index < -0.39 is 15.3 Å². The van der Waals surface area contributed by atoms with Crippen LogP contribution >= 0.6 is 0 Å². The Bertz CT molecular complexity index is 1920. The number of anilines is 6. The van der Waals surface area contributed by atoms with E-state index in [1.165, 1.54) is 11.9 Å². The Morgan fingerprint density at radius 1 is 0.980 bits per heavy atom. The first-order valence-corrected chi connectivity index (χ1v) is 18.3. The standard InChI is InChI=1S/C35H46N10O3S/c1-7-25-22-38-35(41-34(25)39-28-9-8-27-32(37-13-12-36-27)33(28)42-49(46,47)23(2)3)40-29-20-24(4)30(21-31(29)48-6)45-14-10-26(11-15-45)44-18-16-43(5)17-19-44/h7-9,12-13,20-23,26,42H,1,10-11,14-19H2,2-6H3,(H2,38,39,40,41). The highest BCUT2D eigenvalue weighted by molar-refractivity contribution is 7.93. The minimum atomic E-state index is -3.70. The number of piperazine rings is 1. The van der Waals surface area contributed by atoms with E-state index in [1.807, 2.05) is 0 Å². The van der Waals surface area contributed by atoms with Gasteiger partial charge in [-0.25, -0.2) is 13.4 Å². The average Bonchev–Trinajstić information content (AvgIpc) is 3.10. The summed E-state index contributed by atoms with van der Waals surface area (Å²) in [7, 11) is 0.165. The SMILES string of the molecule is C=Cc1cnc(Nc2cc(C)c(N3CCC(N4CCN(C)CC4)CC3)cc2OC)nc1Nc1ccc2nccnc2c1NS(=O)(=O)C(C)C. The van der Waals surface area contributed by atoms with Crippen molar-refractivity contribution < 1.29 is 13.2 Å². The van der Waals surface area contributed by atoms with Crippen molar-refractivity contribution in [1.29, 1.82) is 0 Å². The number of piperidine rings is 1. The number of hydrogen-bond acceptors (Lipinski definition) is 12. The van der Waals surface area contributed by atoms with Crippen molar-refractivity contribution in [1.82, 2.24) is 29.7 Å². The zero-order valence-electron chi connectivity index (χ0n) is 28.9. The van der Waals surface area contributed by atoms with E-state index >= 15 is 0 Å². The second-order valence-electron chi connectivity index (χ2n) is 13.0. The molecule has 0 bridgehead atoms. The molecule has 2 aromatic carbocycles. The number of sulfonamides is 1. The van der Waals surface area contributed by atoms with Crippen LogP contribution in [0.25, 0.3) is 17.1 Å². The molecule has 3 N–H and O–H groups in total. The lowest BCUT2D eigenvalue weighted by Crippen LogP contribution is -2.52. The molecule has 2 aromatic heterocycles. The lowest BCUT2D eigenvalue weighted by Gasteiger charge is -2.43. The topological polar surface area (TPSA) is 141 Å². The predicted octanol–water partition coefficient (Wildman–Crippen LogP) is 5.23. The summed E-state index contributed by atoms with van der Waals surface area (Å²) in [5, 5.41) is 5.97. The van der Waals surface area contributed by atoms with E-state index in [9.17, 15) is 8.42 Å². The molecule has 6 rings (SSSR count). The van der Waals surface area contributed by atoms with E-state index in [0.29, 0.717) is 45.8 Å². The van der Waals surface area contributed by atoms with Crippen LogP contribution in [0.3, 0.4) is 0 Å². The normalized spacial score (nSPS) is 16.6. The van der Waals surface area contributed by atoms with E-state index in [0.717, 1.165) is 63.4 Å². The van der Waals surface area contributed by atoms with E-state index in [-0.39, 0.29) is 5.69 Å². The van der Waals surface area contributed by atoms with Crippen LogP contribution in [-0.2, 0) is 10.0 Å². The number of nitrogens with zero attached hydrogens (tertiary/aromatic N) is 7. The van der Waals surface area contributed by atoms with Crippen LogP contribution in [0.1, 0.15) is 37.8 Å². The molecule has 0 radical (unpaired) electrons. The van der Waals surface area contributed by atoms with Crippen LogP contribution < -0.4 is 25.0 Å². The number of rotatable bonds is 11. The summed E-state index contributed by atoms with van der Waals surface area (Å²) in [5.41, 5.74) is 5.35. The molecular weight excluding hydrogens is 641 g/mol. The maximum Gasteiger partial charge on any atom is 0.235 e. The lowest BCUT2D eigenvalue weighted by atomic mass is 10.0. The van der Waals surface area contributed by atoms with Gasteiger partial charge in [0.15, 0.2) is 0 Å². The number of fused-ring (bicyclic) bond motifs is 1. The van der Waals surface area contributed by atoms with Crippen molar-refractivity contribution in [2.75, 3.05) is 73.7 Å². The molecular formula is C35H46N10O3S. The van der Waals surface area contributed by atoms with Gasteiger partial charge < -0.3 is 25.2 Å². The van der Waals surface area contributed by atoms with Gasteiger partial charge in [0.25, 0.3) is 0 Å². The number of aryl methyl sites for hydroxylation is 1. The molecule has 13 nitrogen and oxygen atoms in total. The van der Waals surface area contributed by atoms with Gasteiger partial charge in [0.05, 0.1) is 34.9 Å². The smallest absolute Gasteiger partial charge is 0.235 e. The third kappa shape index (κ3) is 7.56. The van der Waals surface area contributed by atoms with Gasteiger partial charge >= 0.3 is 0 Å². The summed E-state index contributed by atoms with van der Waals surface area (Å²) in [4.78, 5) is 25.6. The average molecular weight is 687 g/mol. The van der Waals surface area contributed by atoms with Crippen molar-refractivity contribution in [3.63, 3.8) is 0 Å². The van der Waals surface area contributed by atoms with Gasteiger partial charge in [0.1, 0.15) is 17.1 Å².